The van der Waals surface area contributed by atoms with Crippen molar-refractivity contribution in [3.63, 3.8) is 0 Å². The van der Waals surface area contributed by atoms with Gasteiger partial charge in [0, 0.05) is 39.3 Å². The maximum absolute atomic E-state index is 3.69. The van der Waals surface area contributed by atoms with Crippen LogP contribution in [0.5, 0.6) is 0 Å². The second-order valence-electron chi connectivity index (χ2n) is 7.70. The summed E-state index contributed by atoms with van der Waals surface area (Å²) in [5, 5.41) is 3.69. The van der Waals surface area contributed by atoms with Gasteiger partial charge < -0.3 is 15.1 Å². The second-order valence-corrected chi connectivity index (χ2v) is 7.70. The molecule has 1 unspecified atom stereocenters. The highest BCUT2D eigenvalue weighted by Crippen LogP contribution is 2.24. The number of hydrogen-bond acceptors (Lipinski definition) is 3. The molecule has 0 radical (unpaired) electrons. The first-order valence-electron chi connectivity index (χ1n) is 9.14. The van der Waals surface area contributed by atoms with Crippen LogP contribution in [0.2, 0.25) is 0 Å². The van der Waals surface area contributed by atoms with Gasteiger partial charge in [0.15, 0.2) is 0 Å². The first kappa shape index (κ1) is 18.9. The molecule has 0 spiro atoms. The van der Waals surface area contributed by atoms with Crippen molar-refractivity contribution in [3.05, 3.63) is 0 Å². The van der Waals surface area contributed by atoms with Gasteiger partial charge in [-0.05, 0) is 37.3 Å². The molecule has 0 aromatic rings. The van der Waals surface area contributed by atoms with Crippen LogP contribution in [-0.2, 0) is 0 Å². The Morgan fingerprint density at radius 1 is 1.00 bits per heavy atom. The molecule has 1 fully saturated rings. The minimum atomic E-state index is 0.427. The Kier molecular flexibility index (Phi) is 8.84. The molecule has 0 saturated carbocycles. The van der Waals surface area contributed by atoms with Crippen LogP contribution < -0.4 is 5.32 Å². The Morgan fingerprint density at radius 2 is 1.62 bits per heavy atom. The van der Waals surface area contributed by atoms with Crippen LogP contribution in [0.1, 0.15) is 53.9 Å². The lowest BCUT2D eigenvalue weighted by Gasteiger charge is -2.40. The van der Waals surface area contributed by atoms with Gasteiger partial charge in [0.05, 0.1) is 0 Å². The molecule has 3 nitrogen and oxygen atoms in total. The van der Waals surface area contributed by atoms with Crippen LogP contribution in [0.3, 0.4) is 0 Å². The van der Waals surface area contributed by atoms with Crippen molar-refractivity contribution in [1.29, 1.82) is 0 Å². The summed E-state index contributed by atoms with van der Waals surface area (Å²) in [4.78, 5) is 5.31. The van der Waals surface area contributed by atoms with E-state index in [0.29, 0.717) is 5.41 Å². The van der Waals surface area contributed by atoms with Crippen molar-refractivity contribution in [2.75, 3.05) is 52.4 Å². The summed E-state index contributed by atoms with van der Waals surface area (Å²) in [5.74, 6) is 0.744. The molecular formula is C18H39N3. The summed E-state index contributed by atoms with van der Waals surface area (Å²) in [5.41, 5.74) is 0.427. The topological polar surface area (TPSA) is 18.5 Å². The molecule has 21 heavy (non-hydrogen) atoms. The molecule has 0 bridgehead atoms. The smallest absolute Gasteiger partial charge is 0.0110 e. The van der Waals surface area contributed by atoms with Crippen LogP contribution in [0.15, 0.2) is 0 Å². The lowest BCUT2D eigenvalue weighted by Crippen LogP contribution is -2.51. The quantitative estimate of drug-likeness (QED) is 0.668. The van der Waals surface area contributed by atoms with E-state index in [1.165, 1.54) is 58.5 Å². The van der Waals surface area contributed by atoms with E-state index in [1.54, 1.807) is 0 Å². The predicted octanol–water partition coefficient (Wildman–Crippen LogP) is 3.07. The van der Waals surface area contributed by atoms with Crippen LogP contribution in [0.25, 0.3) is 0 Å². The van der Waals surface area contributed by atoms with Crippen molar-refractivity contribution in [2.24, 2.45) is 11.3 Å². The summed E-state index contributed by atoms with van der Waals surface area (Å²) in [6.45, 7) is 21.5. The maximum Gasteiger partial charge on any atom is 0.0110 e. The summed E-state index contributed by atoms with van der Waals surface area (Å²) in [7, 11) is 0. The van der Waals surface area contributed by atoms with E-state index in [0.717, 1.165) is 19.0 Å². The number of nitrogens with one attached hydrogen (secondary N) is 1. The number of hydrogen-bond donors (Lipinski definition) is 1. The molecule has 1 rings (SSSR count). The fourth-order valence-electron chi connectivity index (χ4n) is 3.52. The summed E-state index contributed by atoms with van der Waals surface area (Å²) < 4.78 is 0. The van der Waals surface area contributed by atoms with Gasteiger partial charge in [-0.3, -0.25) is 0 Å². The van der Waals surface area contributed by atoms with E-state index >= 15 is 0 Å². The Balaban J connectivity index is 2.39. The third-order valence-electron chi connectivity index (χ3n) is 4.57. The standard InChI is InChI=1S/C18H39N3/c1-6-8-18(5,15-19-14-17(3)4)16-21-12-10-20(9-7-2)11-13-21/h17,19H,6-16H2,1-5H3. The largest absolute Gasteiger partial charge is 0.316 e. The molecular weight excluding hydrogens is 258 g/mol. The van der Waals surface area contributed by atoms with Gasteiger partial charge in [0.1, 0.15) is 0 Å². The van der Waals surface area contributed by atoms with Gasteiger partial charge in [0.2, 0.25) is 0 Å². The molecule has 3 heteroatoms. The van der Waals surface area contributed by atoms with Crippen LogP contribution >= 0.6 is 0 Å². The van der Waals surface area contributed by atoms with Gasteiger partial charge in [-0.25, -0.2) is 0 Å². The average Bonchev–Trinajstić information content (AvgIpc) is 2.41. The third-order valence-corrected chi connectivity index (χ3v) is 4.57. The number of rotatable bonds is 10. The third kappa shape index (κ3) is 7.62. The first-order valence-corrected chi connectivity index (χ1v) is 9.14. The zero-order valence-corrected chi connectivity index (χ0v) is 15.2. The fraction of sp³-hybridized carbons (Fsp3) is 1.00. The lowest BCUT2D eigenvalue weighted by molar-refractivity contribution is 0.0855. The van der Waals surface area contributed by atoms with E-state index in [-0.39, 0.29) is 0 Å². The molecule has 1 heterocycles. The van der Waals surface area contributed by atoms with Crippen LogP contribution in [0, 0.1) is 11.3 Å². The second kappa shape index (κ2) is 9.81. The van der Waals surface area contributed by atoms with Crippen LogP contribution in [-0.4, -0.2) is 62.2 Å². The van der Waals surface area contributed by atoms with Crippen molar-refractivity contribution in [2.45, 2.75) is 53.9 Å². The normalized spacial score (nSPS) is 20.9. The van der Waals surface area contributed by atoms with Crippen molar-refractivity contribution >= 4 is 0 Å². The minimum absolute atomic E-state index is 0.427. The summed E-state index contributed by atoms with van der Waals surface area (Å²) in [6, 6.07) is 0. The molecule has 0 aliphatic carbocycles. The van der Waals surface area contributed by atoms with Gasteiger partial charge in [-0.1, -0.05) is 41.0 Å². The summed E-state index contributed by atoms with van der Waals surface area (Å²) in [6.07, 6.45) is 3.90. The lowest BCUT2D eigenvalue weighted by atomic mass is 9.84. The fourth-order valence-corrected chi connectivity index (χ4v) is 3.52. The maximum atomic E-state index is 3.69. The minimum Gasteiger partial charge on any atom is -0.316 e. The summed E-state index contributed by atoms with van der Waals surface area (Å²) >= 11 is 0. The van der Waals surface area contributed by atoms with Crippen molar-refractivity contribution in [1.82, 2.24) is 15.1 Å². The SMILES string of the molecule is CCCN1CCN(CC(C)(CCC)CNCC(C)C)CC1. The molecule has 1 saturated heterocycles. The van der Waals surface area contributed by atoms with E-state index in [4.69, 9.17) is 0 Å². The first-order chi connectivity index (χ1) is 9.99. The molecule has 0 amide bonds. The van der Waals surface area contributed by atoms with Gasteiger partial charge >= 0.3 is 0 Å². The van der Waals surface area contributed by atoms with E-state index in [9.17, 15) is 0 Å². The van der Waals surface area contributed by atoms with E-state index in [1.807, 2.05) is 0 Å². The Morgan fingerprint density at radius 3 is 2.14 bits per heavy atom. The average molecular weight is 298 g/mol. The Bertz CT molecular complexity index is 259. The highest BCUT2D eigenvalue weighted by molar-refractivity contribution is 4.83. The molecule has 1 atom stereocenters. The molecule has 1 aliphatic rings. The predicted molar refractivity (Wildman–Crippen MR) is 93.9 cm³/mol. The van der Waals surface area contributed by atoms with Crippen molar-refractivity contribution < 1.29 is 0 Å². The van der Waals surface area contributed by atoms with Crippen LogP contribution in [0.4, 0.5) is 0 Å². The zero-order chi connectivity index (χ0) is 15.7. The number of piperazine rings is 1. The molecule has 126 valence electrons. The highest BCUT2D eigenvalue weighted by Gasteiger charge is 2.27. The van der Waals surface area contributed by atoms with E-state index in [2.05, 4.69) is 49.7 Å². The molecule has 1 aliphatic heterocycles. The number of nitrogens with zero attached hydrogens (tertiary/aromatic N) is 2. The van der Waals surface area contributed by atoms with Crippen molar-refractivity contribution in [3.8, 4) is 0 Å². The molecule has 1 N–H and O–H groups in total. The Hall–Kier alpha value is -0.120. The highest BCUT2D eigenvalue weighted by atomic mass is 15.3. The van der Waals surface area contributed by atoms with E-state index < -0.39 is 0 Å². The Labute approximate surface area is 133 Å². The molecule has 0 aromatic heterocycles. The monoisotopic (exact) mass is 297 g/mol. The van der Waals surface area contributed by atoms with Gasteiger partial charge in [-0.15, -0.1) is 0 Å². The van der Waals surface area contributed by atoms with Gasteiger partial charge in [-0.2, -0.15) is 0 Å². The molecule has 0 aromatic carbocycles. The zero-order valence-electron chi connectivity index (χ0n) is 15.2. The van der Waals surface area contributed by atoms with Gasteiger partial charge in [0.25, 0.3) is 0 Å².